The van der Waals surface area contributed by atoms with Gasteiger partial charge in [0.2, 0.25) is 5.91 Å². The lowest BCUT2D eigenvalue weighted by Crippen LogP contribution is -2.45. The summed E-state index contributed by atoms with van der Waals surface area (Å²) < 4.78 is 9.78. The number of rotatable bonds is 7. The Morgan fingerprint density at radius 3 is 2.24 bits per heavy atom. The molecule has 0 saturated carbocycles. The largest absolute Gasteiger partial charge is 0.497 e. The maximum absolute atomic E-state index is 11.9. The van der Waals surface area contributed by atoms with Crippen molar-refractivity contribution >= 4 is 11.9 Å². The highest BCUT2D eigenvalue weighted by Gasteiger charge is 2.24. The normalized spacial score (nSPS) is 11.9. The minimum Gasteiger partial charge on any atom is -0.497 e. The van der Waals surface area contributed by atoms with Crippen LogP contribution < -0.4 is 10.1 Å². The molecule has 0 saturated heterocycles. The van der Waals surface area contributed by atoms with Gasteiger partial charge in [0.05, 0.1) is 14.2 Å². The first-order valence-corrected chi connectivity index (χ1v) is 6.98. The first-order valence-electron chi connectivity index (χ1n) is 6.98. The quantitative estimate of drug-likeness (QED) is 0.780. The van der Waals surface area contributed by atoms with Crippen LogP contribution >= 0.6 is 0 Å². The van der Waals surface area contributed by atoms with Gasteiger partial charge in [-0.1, -0.05) is 26.0 Å². The zero-order valence-corrected chi connectivity index (χ0v) is 13.0. The number of esters is 1. The van der Waals surface area contributed by atoms with Crippen molar-refractivity contribution in [2.24, 2.45) is 5.92 Å². The second-order valence-electron chi connectivity index (χ2n) is 5.16. The van der Waals surface area contributed by atoms with Crippen molar-refractivity contribution in [1.29, 1.82) is 0 Å². The van der Waals surface area contributed by atoms with E-state index in [1.54, 1.807) is 7.11 Å². The Labute approximate surface area is 125 Å². The molecule has 0 aliphatic heterocycles. The smallest absolute Gasteiger partial charge is 0.328 e. The number of amides is 1. The Morgan fingerprint density at radius 1 is 1.14 bits per heavy atom. The molecule has 0 aromatic heterocycles. The molecule has 5 nitrogen and oxygen atoms in total. The van der Waals surface area contributed by atoms with Crippen molar-refractivity contribution in [3.05, 3.63) is 29.8 Å². The number of hydrogen-bond donors (Lipinski definition) is 1. The zero-order valence-electron chi connectivity index (χ0n) is 13.0. The lowest BCUT2D eigenvalue weighted by molar-refractivity contribution is -0.146. The average molecular weight is 293 g/mol. The van der Waals surface area contributed by atoms with E-state index in [0.717, 1.165) is 11.3 Å². The summed E-state index contributed by atoms with van der Waals surface area (Å²) in [6.45, 7) is 3.73. The van der Waals surface area contributed by atoms with Gasteiger partial charge in [0, 0.05) is 6.42 Å². The molecule has 1 atom stereocenters. The molecule has 1 aromatic carbocycles. The minimum atomic E-state index is -0.599. The fourth-order valence-corrected chi connectivity index (χ4v) is 1.92. The number of benzene rings is 1. The molecule has 0 aliphatic rings. The first-order chi connectivity index (χ1) is 9.97. The maximum atomic E-state index is 11.9. The van der Waals surface area contributed by atoms with Crippen molar-refractivity contribution in [3.8, 4) is 5.75 Å². The van der Waals surface area contributed by atoms with E-state index in [0.29, 0.717) is 12.8 Å². The predicted octanol–water partition coefficient (Wildman–Crippen LogP) is 1.94. The Morgan fingerprint density at radius 2 is 1.76 bits per heavy atom. The molecule has 1 aromatic rings. The number of carbonyl (C=O) groups is 2. The molecular formula is C16H23NO4. The molecule has 0 heterocycles. The summed E-state index contributed by atoms with van der Waals surface area (Å²) in [7, 11) is 2.93. The summed E-state index contributed by atoms with van der Waals surface area (Å²) >= 11 is 0. The summed E-state index contributed by atoms with van der Waals surface area (Å²) in [5.74, 6) is 0.203. The molecule has 0 fully saturated rings. The summed E-state index contributed by atoms with van der Waals surface area (Å²) in [4.78, 5) is 23.5. The third-order valence-electron chi connectivity index (χ3n) is 3.24. The van der Waals surface area contributed by atoms with Crippen LogP contribution in [-0.2, 0) is 20.7 Å². The van der Waals surface area contributed by atoms with Crippen LogP contribution in [0.2, 0.25) is 0 Å². The molecule has 1 rings (SSSR count). The van der Waals surface area contributed by atoms with Gasteiger partial charge in [-0.3, -0.25) is 4.79 Å². The van der Waals surface area contributed by atoms with E-state index in [9.17, 15) is 9.59 Å². The second kappa shape index (κ2) is 8.29. The van der Waals surface area contributed by atoms with Crippen LogP contribution in [0.1, 0.15) is 25.8 Å². The fourth-order valence-electron chi connectivity index (χ4n) is 1.92. The van der Waals surface area contributed by atoms with E-state index in [1.807, 2.05) is 38.1 Å². The van der Waals surface area contributed by atoms with E-state index in [1.165, 1.54) is 7.11 Å². The molecular weight excluding hydrogens is 270 g/mol. The predicted molar refractivity (Wildman–Crippen MR) is 80.1 cm³/mol. The van der Waals surface area contributed by atoms with Gasteiger partial charge in [-0.2, -0.15) is 0 Å². The van der Waals surface area contributed by atoms with Crippen molar-refractivity contribution in [3.63, 3.8) is 0 Å². The lowest BCUT2D eigenvalue weighted by Gasteiger charge is -2.19. The Hall–Kier alpha value is -2.04. The summed E-state index contributed by atoms with van der Waals surface area (Å²) in [5.41, 5.74) is 1.05. The molecule has 0 bridgehead atoms. The zero-order chi connectivity index (χ0) is 15.8. The van der Waals surface area contributed by atoms with E-state index in [2.05, 4.69) is 5.32 Å². The molecule has 1 unspecified atom stereocenters. The van der Waals surface area contributed by atoms with Crippen LogP contribution in [0.25, 0.3) is 0 Å². The standard InChI is InChI=1S/C16H23NO4/c1-11(2)15(16(19)21-4)17-14(18)10-7-12-5-8-13(20-3)9-6-12/h5-6,8-9,11,15H,7,10H2,1-4H3,(H,17,18). The van der Waals surface area contributed by atoms with Crippen LogP contribution in [0.4, 0.5) is 0 Å². The van der Waals surface area contributed by atoms with E-state index in [4.69, 9.17) is 9.47 Å². The topological polar surface area (TPSA) is 64.6 Å². The molecule has 1 N–H and O–H groups in total. The summed E-state index contributed by atoms with van der Waals surface area (Å²) in [6.07, 6.45) is 0.939. The number of methoxy groups -OCH3 is 2. The van der Waals surface area contributed by atoms with Crippen molar-refractivity contribution < 1.29 is 19.1 Å². The van der Waals surface area contributed by atoms with E-state index in [-0.39, 0.29) is 11.8 Å². The molecule has 21 heavy (non-hydrogen) atoms. The first kappa shape index (κ1) is 17.0. The number of aryl methyl sites for hydroxylation is 1. The summed E-state index contributed by atoms with van der Waals surface area (Å²) in [6, 6.07) is 6.97. The van der Waals surface area contributed by atoms with Gasteiger partial charge in [-0.25, -0.2) is 4.79 Å². The van der Waals surface area contributed by atoms with Gasteiger partial charge in [0.1, 0.15) is 11.8 Å². The molecule has 0 spiro atoms. The van der Waals surface area contributed by atoms with Gasteiger partial charge in [0.25, 0.3) is 0 Å². The Balaban J connectivity index is 2.50. The third kappa shape index (κ3) is 5.45. The highest BCUT2D eigenvalue weighted by molar-refractivity contribution is 5.84. The average Bonchev–Trinajstić information content (AvgIpc) is 2.50. The van der Waals surface area contributed by atoms with E-state index >= 15 is 0 Å². The monoisotopic (exact) mass is 293 g/mol. The van der Waals surface area contributed by atoms with Crippen molar-refractivity contribution in [2.75, 3.05) is 14.2 Å². The second-order valence-corrected chi connectivity index (χ2v) is 5.16. The Bertz CT molecular complexity index is 468. The molecule has 0 radical (unpaired) electrons. The van der Waals surface area contributed by atoms with Gasteiger partial charge < -0.3 is 14.8 Å². The molecule has 1 amide bonds. The number of ether oxygens (including phenoxy) is 2. The van der Waals surface area contributed by atoms with Crippen LogP contribution in [0.15, 0.2) is 24.3 Å². The van der Waals surface area contributed by atoms with Crippen LogP contribution in [-0.4, -0.2) is 32.1 Å². The lowest BCUT2D eigenvalue weighted by atomic mass is 10.0. The number of carbonyl (C=O) groups excluding carboxylic acids is 2. The van der Waals surface area contributed by atoms with Crippen LogP contribution in [0.3, 0.4) is 0 Å². The number of nitrogens with one attached hydrogen (secondary N) is 1. The highest BCUT2D eigenvalue weighted by atomic mass is 16.5. The Kier molecular flexibility index (Phi) is 6.72. The highest BCUT2D eigenvalue weighted by Crippen LogP contribution is 2.12. The van der Waals surface area contributed by atoms with Gasteiger partial charge in [-0.15, -0.1) is 0 Å². The third-order valence-corrected chi connectivity index (χ3v) is 3.24. The maximum Gasteiger partial charge on any atom is 0.328 e. The fraction of sp³-hybridized carbons (Fsp3) is 0.500. The van der Waals surface area contributed by atoms with Gasteiger partial charge >= 0.3 is 5.97 Å². The van der Waals surface area contributed by atoms with Crippen LogP contribution in [0, 0.1) is 5.92 Å². The van der Waals surface area contributed by atoms with Crippen LogP contribution in [0.5, 0.6) is 5.75 Å². The van der Waals surface area contributed by atoms with Gasteiger partial charge in [0.15, 0.2) is 0 Å². The SMILES string of the molecule is COC(=O)C(NC(=O)CCc1ccc(OC)cc1)C(C)C. The minimum absolute atomic E-state index is 0.0117. The number of hydrogen-bond acceptors (Lipinski definition) is 4. The molecule has 5 heteroatoms. The van der Waals surface area contributed by atoms with Crippen molar-refractivity contribution in [1.82, 2.24) is 5.32 Å². The van der Waals surface area contributed by atoms with E-state index < -0.39 is 12.0 Å². The molecule has 116 valence electrons. The van der Waals surface area contributed by atoms with Crippen molar-refractivity contribution in [2.45, 2.75) is 32.7 Å². The summed E-state index contributed by atoms with van der Waals surface area (Å²) in [5, 5.41) is 2.72. The molecule has 0 aliphatic carbocycles. The van der Waals surface area contributed by atoms with Gasteiger partial charge in [-0.05, 0) is 30.0 Å².